The Morgan fingerprint density at radius 2 is 2.15 bits per heavy atom. The number of fused-ring (bicyclic) bond motifs is 1. The maximum absolute atomic E-state index is 12.5. The van der Waals surface area contributed by atoms with Crippen LogP contribution in [0.4, 0.5) is 0 Å². The molecule has 1 aliphatic rings. The third kappa shape index (κ3) is 3.60. The van der Waals surface area contributed by atoms with Crippen molar-refractivity contribution in [2.75, 3.05) is 13.1 Å². The Labute approximate surface area is 152 Å². The SMILES string of the molecule is O=C(Cn1nccc1C1CCCNC1)NCc1ccnc2ccccc12. The van der Waals surface area contributed by atoms with Gasteiger partial charge in [-0.25, -0.2) is 0 Å². The molecule has 26 heavy (non-hydrogen) atoms. The van der Waals surface area contributed by atoms with Gasteiger partial charge in [-0.15, -0.1) is 0 Å². The van der Waals surface area contributed by atoms with E-state index in [2.05, 4.69) is 20.7 Å². The molecule has 1 unspecified atom stereocenters. The number of piperidine rings is 1. The van der Waals surface area contributed by atoms with Crippen LogP contribution in [0, 0.1) is 0 Å². The van der Waals surface area contributed by atoms with Crippen LogP contribution in [0.2, 0.25) is 0 Å². The smallest absolute Gasteiger partial charge is 0.242 e. The van der Waals surface area contributed by atoms with Crippen molar-refractivity contribution in [3.8, 4) is 0 Å². The minimum absolute atomic E-state index is 0.0281. The standard InChI is InChI=1S/C20H23N5O/c26-20(14-25-19(8-11-24-25)16-4-3-9-21-12-16)23-13-15-7-10-22-18-6-2-1-5-17(15)18/h1-2,5-8,10-11,16,21H,3-4,9,12-14H2,(H,23,26). The number of nitrogens with one attached hydrogen (secondary N) is 2. The number of rotatable bonds is 5. The van der Waals surface area contributed by atoms with Gasteiger partial charge in [-0.05, 0) is 43.1 Å². The first-order chi connectivity index (χ1) is 12.8. The Morgan fingerprint density at radius 3 is 3.04 bits per heavy atom. The molecule has 1 fully saturated rings. The predicted octanol–water partition coefficient (Wildman–Crippen LogP) is 2.21. The van der Waals surface area contributed by atoms with Crippen LogP contribution >= 0.6 is 0 Å². The zero-order valence-electron chi connectivity index (χ0n) is 14.7. The highest BCUT2D eigenvalue weighted by Gasteiger charge is 2.19. The molecular formula is C20H23N5O. The highest BCUT2D eigenvalue weighted by molar-refractivity contribution is 5.82. The van der Waals surface area contributed by atoms with Gasteiger partial charge < -0.3 is 10.6 Å². The van der Waals surface area contributed by atoms with E-state index in [9.17, 15) is 4.79 Å². The van der Waals surface area contributed by atoms with Gasteiger partial charge in [-0.3, -0.25) is 14.5 Å². The van der Waals surface area contributed by atoms with Gasteiger partial charge in [0, 0.05) is 42.5 Å². The van der Waals surface area contributed by atoms with Crippen LogP contribution in [0.5, 0.6) is 0 Å². The van der Waals surface area contributed by atoms with E-state index in [1.807, 2.05) is 41.1 Å². The molecule has 1 aliphatic heterocycles. The monoisotopic (exact) mass is 349 g/mol. The van der Waals surface area contributed by atoms with Crippen molar-refractivity contribution in [2.24, 2.45) is 0 Å². The molecule has 0 aliphatic carbocycles. The van der Waals surface area contributed by atoms with Crippen LogP contribution in [0.25, 0.3) is 10.9 Å². The van der Waals surface area contributed by atoms with Gasteiger partial charge in [-0.2, -0.15) is 5.10 Å². The number of carbonyl (C=O) groups excluding carboxylic acids is 1. The van der Waals surface area contributed by atoms with Gasteiger partial charge in [0.25, 0.3) is 0 Å². The number of amides is 1. The molecule has 1 amide bonds. The van der Waals surface area contributed by atoms with Crippen molar-refractivity contribution in [2.45, 2.75) is 31.8 Å². The average molecular weight is 349 g/mol. The molecule has 1 aromatic carbocycles. The number of hydrogen-bond donors (Lipinski definition) is 2. The Bertz CT molecular complexity index is 893. The van der Waals surface area contributed by atoms with Crippen molar-refractivity contribution in [1.29, 1.82) is 0 Å². The van der Waals surface area contributed by atoms with Crippen molar-refractivity contribution < 1.29 is 4.79 Å². The fraction of sp³-hybridized carbons (Fsp3) is 0.350. The van der Waals surface area contributed by atoms with Crippen molar-refractivity contribution in [3.63, 3.8) is 0 Å². The van der Waals surface area contributed by atoms with E-state index in [0.717, 1.165) is 48.1 Å². The summed E-state index contributed by atoms with van der Waals surface area (Å²) in [6.07, 6.45) is 5.87. The second-order valence-corrected chi connectivity index (χ2v) is 6.72. The third-order valence-corrected chi connectivity index (χ3v) is 4.97. The molecule has 0 bridgehead atoms. The van der Waals surface area contributed by atoms with Crippen molar-refractivity contribution >= 4 is 16.8 Å². The quantitative estimate of drug-likeness (QED) is 0.741. The Morgan fingerprint density at radius 1 is 1.23 bits per heavy atom. The number of aromatic nitrogens is 3. The lowest BCUT2D eigenvalue weighted by atomic mass is 9.96. The number of para-hydroxylation sites is 1. The Kier molecular flexibility index (Phi) is 4.93. The fourth-order valence-electron chi connectivity index (χ4n) is 3.62. The summed E-state index contributed by atoms with van der Waals surface area (Å²) >= 11 is 0. The number of pyridine rings is 1. The molecule has 134 valence electrons. The first-order valence-corrected chi connectivity index (χ1v) is 9.13. The lowest BCUT2D eigenvalue weighted by Gasteiger charge is -2.23. The molecular weight excluding hydrogens is 326 g/mol. The van der Waals surface area contributed by atoms with E-state index in [1.54, 1.807) is 12.4 Å². The number of nitrogens with zero attached hydrogens (tertiary/aromatic N) is 3. The third-order valence-electron chi connectivity index (χ3n) is 4.97. The topological polar surface area (TPSA) is 71.8 Å². The van der Waals surface area contributed by atoms with Crippen molar-refractivity contribution in [3.05, 3.63) is 60.0 Å². The highest BCUT2D eigenvalue weighted by atomic mass is 16.2. The van der Waals surface area contributed by atoms with Crippen LogP contribution in [0.1, 0.15) is 30.0 Å². The van der Waals surface area contributed by atoms with E-state index in [1.165, 1.54) is 0 Å². The Balaban J connectivity index is 1.41. The number of benzene rings is 1. The molecule has 4 rings (SSSR count). The second-order valence-electron chi connectivity index (χ2n) is 6.72. The highest BCUT2D eigenvalue weighted by Crippen LogP contribution is 2.22. The summed E-state index contributed by atoms with van der Waals surface area (Å²) in [5, 5.41) is 11.9. The number of hydrogen-bond acceptors (Lipinski definition) is 4. The molecule has 0 radical (unpaired) electrons. The van der Waals surface area contributed by atoms with Gasteiger partial charge in [0.1, 0.15) is 6.54 Å². The minimum atomic E-state index is -0.0281. The van der Waals surface area contributed by atoms with Crippen LogP contribution < -0.4 is 10.6 Å². The maximum Gasteiger partial charge on any atom is 0.242 e. The van der Waals surface area contributed by atoms with Crippen LogP contribution in [0.3, 0.4) is 0 Å². The molecule has 0 saturated carbocycles. The largest absolute Gasteiger partial charge is 0.350 e. The fourth-order valence-corrected chi connectivity index (χ4v) is 3.62. The molecule has 3 heterocycles. The van der Waals surface area contributed by atoms with E-state index in [0.29, 0.717) is 12.5 Å². The lowest BCUT2D eigenvalue weighted by molar-refractivity contribution is -0.122. The van der Waals surface area contributed by atoms with Gasteiger partial charge >= 0.3 is 0 Å². The first-order valence-electron chi connectivity index (χ1n) is 9.13. The zero-order chi connectivity index (χ0) is 17.8. The van der Waals surface area contributed by atoms with Gasteiger partial charge in [0.15, 0.2) is 0 Å². The molecule has 0 spiro atoms. The summed E-state index contributed by atoms with van der Waals surface area (Å²) in [6, 6.07) is 12.0. The summed E-state index contributed by atoms with van der Waals surface area (Å²) in [6.45, 7) is 2.77. The molecule has 2 N–H and O–H groups in total. The predicted molar refractivity (Wildman–Crippen MR) is 101 cm³/mol. The van der Waals surface area contributed by atoms with Crippen LogP contribution in [0.15, 0.2) is 48.8 Å². The summed E-state index contributed by atoms with van der Waals surface area (Å²) in [4.78, 5) is 16.8. The Hall–Kier alpha value is -2.73. The van der Waals surface area contributed by atoms with Crippen molar-refractivity contribution in [1.82, 2.24) is 25.4 Å². The summed E-state index contributed by atoms with van der Waals surface area (Å²) in [5.41, 5.74) is 3.15. The molecule has 1 saturated heterocycles. The van der Waals surface area contributed by atoms with E-state index in [-0.39, 0.29) is 12.5 Å². The summed E-state index contributed by atoms with van der Waals surface area (Å²) in [7, 11) is 0. The average Bonchev–Trinajstić information content (AvgIpc) is 3.15. The minimum Gasteiger partial charge on any atom is -0.350 e. The molecule has 2 aromatic heterocycles. The molecule has 6 nitrogen and oxygen atoms in total. The molecule has 6 heteroatoms. The lowest BCUT2D eigenvalue weighted by Crippen LogP contribution is -2.32. The number of carbonyl (C=O) groups is 1. The van der Waals surface area contributed by atoms with Gasteiger partial charge in [0.05, 0.1) is 5.52 Å². The normalized spacial score (nSPS) is 17.3. The summed E-state index contributed by atoms with van der Waals surface area (Å²) in [5.74, 6) is 0.405. The van der Waals surface area contributed by atoms with Gasteiger partial charge in [0.2, 0.25) is 5.91 Å². The van der Waals surface area contributed by atoms with E-state index >= 15 is 0 Å². The van der Waals surface area contributed by atoms with Gasteiger partial charge in [-0.1, -0.05) is 18.2 Å². The van der Waals surface area contributed by atoms with Crippen LogP contribution in [-0.4, -0.2) is 33.8 Å². The van der Waals surface area contributed by atoms with E-state index in [4.69, 9.17) is 0 Å². The zero-order valence-corrected chi connectivity index (χ0v) is 14.7. The van der Waals surface area contributed by atoms with E-state index < -0.39 is 0 Å². The summed E-state index contributed by atoms with van der Waals surface area (Å²) < 4.78 is 1.83. The van der Waals surface area contributed by atoms with Crippen LogP contribution in [-0.2, 0) is 17.9 Å². The first kappa shape index (κ1) is 16.7. The molecule has 1 atom stereocenters. The second kappa shape index (κ2) is 7.66. The molecule has 3 aromatic rings. The maximum atomic E-state index is 12.5.